The van der Waals surface area contributed by atoms with Gasteiger partial charge in [-0.3, -0.25) is 14.5 Å². The first kappa shape index (κ1) is 19.7. The van der Waals surface area contributed by atoms with Gasteiger partial charge >= 0.3 is 0 Å². The number of nitrogens with zero attached hydrogens (tertiary/aromatic N) is 3. The summed E-state index contributed by atoms with van der Waals surface area (Å²) >= 11 is 0. The first-order valence-electron chi connectivity index (χ1n) is 10.2. The van der Waals surface area contributed by atoms with Gasteiger partial charge in [-0.2, -0.15) is 0 Å². The van der Waals surface area contributed by atoms with Crippen molar-refractivity contribution in [2.45, 2.75) is 45.2 Å². The van der Waals surface area contributed by atoms with Crippen LogP contribution in [0, 0.1) is 0 Å². The number of carbonyl (C=O) groups excluding carboxylic acids is 2. The van der Waals surface area contributed by atoms with Gasteiger partial charge < -0.3 is 15.1 Å². The van der Waals surface area contributed by atoms with E-state index in [9.17, 15) is 9.59 Å². The van der Waals surface area contributed by atoms with Crippen LogP contribution in [0.1, 0.15) is 43.5 Å². The van der Waals surface area contributed by atoms with E-state index in [4.69, 9.17) is 0 Å². The molecule has 27 heavy (non-hydrogen) atoms. The normalized spacial score (nSPS) is 22.9. The molecule has 2 fully saturated rings. The maximum atomic E-state index is 12.6. The summed E-state index contributed by atoms with van der Waals surface area (Å²) < 4.78 is 0. The van der Waals surface area contributed by atoms with Crippen LogP contribution in [-0.2, 0) is 4.79 Å². The molecule has 2 atom stereocenters. The highest BCUT2D eigenvalue weighted by atomic mass is 16.2. The first-order chi connectivity index (χ1) is 13.0. The Morgan fingerprint density at radius 2 is 1.74 bits per heavy atom. The predicted octanol–water partition coefficient (Wildman–Crippen LogP) is 1.96. The molecule has 0 spiro atoms. The van der Waals surface area contributed by atoms with E-state index in [0.717, 1.165) is 26.2 Å². The molecule has 2 aliphatic rings. The van der Waals surface area contributed by atoms with E-state index in [1.54, 1.807) is 0 Å². The quantitative estimate of drug-likeness (QED) is 0.829. The van der Waals surface area contributed by atoms with Gasteiger partial charge in [0.15, 0.2) is 0 Å². The van der Waals surface area contributed by atoms with Gasteiger partial charge in [0.05, 0.1) is 6.04 Å². The number of amides is 2. The zero-order valence-corrected chi connectivity index (χ0v) is 16.8. The molecule has 6 heteroatoms. The van der Waals surface area contributed by atoms with E-state index in [-0.39, 0.29) is 23.9 Å². The van der Waals surface area contributed by atoms with Crippen molar-refractivity contribution in [2.75, 3.05) is 44.7 Å². The van der Waals surface area contributed by atoms with Crippen LogP contribution in [0.3, 0.4) is 0 Å². The molecule has 3 rings (SSSR count). The van der Waals surface area contributed by atoms with Crippen LogP contribution >= 0.6 is 0 Å². The third-order valence-corrected chi connectivity index (χ3v) is 5.84. The van der Waals surface area contributed by atoms with Gasteiger partial charge in [-0.15, -0.1) is 0 Å². The van der Waals surface area contributed by atoms with Gasteiger partial charge in [0.1, 0.15) is 0 Å². The van der Waals surface area contributed by atoms with Crippen molar-refractivity contribution in [3.05, 3.63) is 29.8 Å². The number of likely N-dealkylation sites (tertiary alicyclic amines) is 1. The number of anilines is 1. The molecule has 0 bridgehead atoms. The van der Waals surface area contributed by atoms with Crippen molar-refractivity contribution in [1.29, 1.82) is 0 Å². The van der Waals surface area contributed by atoms with Crippen molar-refractivity contribution in [1.82, 2.24) is 15.1 Å². The summed E-state index contributed by atoms with van der Waals surface area (Å²) in [6.07, 6.45) is 3.15. The number of hydrogen-bond acceptors (Lipinski definition) is 4. The van der Waals surface area contributed by atoms with Crippen molar-refractivity contribution in [3.8, 4) is 0 Å². The van der Waals surface area contributed by atoms with E-state index >= 15 is 0 Å². The molecular weight excluding hydrogens is 340 g/mol. The van der Waals surface area contributed by atoms with Gasteiger partial charge in [-0.1, -0.05) is 0 Å². The zero-order chi connectivity index (χ0) is 19.4. The highest BCUT2D eigenvalue weighted by Gasteiger charge is 2.36. The minimum Gasteiger partial charge on any atom is -0.372 e. The molecule has 148 valence electrons. The van der Waals surface area contributed by atoms with Gasteiger partial charge in [0, 0.05) is 50.0 Å². The second kappa shape index (κ2) is 8.74. The van der Waals surface area contributed by atoms with Crippen LogP contribution in [-0.4, -0.2) is 73.5 Å². The lowest BCUT2D eigenvalue weighted by Crippen LogP contribution is -2.44. The van der Waals surface area contributed by atoms with Crippen molar-refractivity contribution >= 4 is 17.5 Å². The lowest BCUT2D eigenvalue weighted by Gasteiger charge is -2.26. The van der Waals surface area contributed by atoms with Crippen LogP contribution in [0.4, 0.5) is 5.69 Å². The second-order valence-electron chi connectivity index (χ2n) is 7.61. The lowest BCUT2D eigenvalue weighted by molar-refractivity contribution is -0.135. The zero-order valence-electron chi connectivity index (χ0n) is 16.8. The van der Waals surface area contributed by atoms with Crippen LogP contribution in [0.2, 0.25) is 0 Å². The summed E-state index contributed by atoms with van der Waals surface area (Å²) in [6, 6.07) is 7.74. The summed E-state index contributed by atoms with van der Waals surface area (Å²) in [4.78, 5) is 31.6. The Bertz CT molecular complexity index is 651. The summed E-state index contributed by atoms with van der Waals surface area (Å²) in [6.45, 7) is 8.35. The van der Waals surface area contributed by atoms with E-state index in [1.807, 2.05) is 50.1 Å². The Morgan fingerprint density at radius 1 is 1.11 bits per heavy atom. The van der Waals surface area contributed by atoms with Crippen molar-refractivity contribution in [3.63, 3.8) is 0 Å². The van der Waals surface area contributed by atoms with Gasteiger partial charge in [-0.05, 0) is 64.4 Å². The topological polar surface area (TPSA) is 55.9 Å². The third kappa shape index (κ3) is 4.43. The predicted molar refractivity (Wildman–Crippen MR) is 108 cm³/mol. The fourth-order valence-corrected chi connectivity index (χ4v) is 4.21. The number of rotatable bonds is 6. The number of nitrogens with one attached hydrogen (secondary N) is 1. The molecule has 0 unspecified atom stereocenters. The maximum Gasteiger partial charge on any atom is 0.251 e. The number of likely N-dealkylation sites (N-methyl/N-ethyl adjacent to an activating group) is 2. The summed E-state index contributed by atoms with van der Waals surface area (Å²) in [7, 11) is 1.96. The molecule has 1 aromatic rings. The molecule has 0 saturated carbocycles. The largest absolute Gasteiger partial charge is 0.372 e. The van der Waals surface area contributed by atoms with Crippen LogP contribution in [0.5, 0.6) is 0 Å². The van der Waals surface area contributed by atoms with E-state index < -0.39 is 0 Å². The Labute approximate surface area is 162 Å². The molecule has 0 aliphatic carbocycles. The Morgan fingerprint density at radius 3 is 2.33 bits per heavy atom. The molecule has 0 aromatic heterocycles. The maximum absolute atomic E-state index is 12.6. The number of hydrogen-bond donors (Lipinski definition) is 1. The molecule has 2 amide bonds. The number of carbonyl (C=O) groups is 2. The van der Waals surface area contributed by atoms with Gasteiger partial charge in [0.2, 0.25) is 5.91 Å². The van der Waals surface area contributed by atoms with E-state index in [1.165, 1.54) is 18.5 Å². The summed E-state index contributed by atoms with van der Waals surface area (Å²) in [5.74, 6) is 0.103. The highest BCUT2D eigenvalue weighted by molar-refractivity contribution is 5.95. The van der Waals surface area contributed by atoms with Crippen LogP contribution < -0.4 is 10.2 Å². The Hall–Kier alpha value is -2.08. The van der Waals surface area contributed by atoms with Gasteiger partial charge in [0.25, 0.3) is 5.91 Å². The molecule has 2 heterocycles. The van der Waals surface area contributed by atoms with Crippen LogP contribution in [0.15, 0.2) is 24.3 Å². The number of benzene rings is 1. The van der Waals surface area contributed by atoms with Crippen molar-refractivity contribution in [2.24, 2.45) is 0 Å². The van der Waals surface area contributed by atoms with Gasteiger partial charge in [-0.25, -0.2) is 0 Å². The smallest absolute Gasteiger partial charge is 0.251 e. The molecule has 1 aromatic carbocycles. The van der Waals surface area contributed by atoms with Crippen molar-refractivity contribution < 1.29 is 9.59 Å². The summed E-state index contributed by atoms with van der Waals surface area (Å²) in [5, 5.41) is 3.11. The Kier molecular flexibility index (Phi) is 6.37. The summed E-state index contributed by atoms with van der Waals surface area (Å²) in [5.41, 5.74) is 1.87. The molecule has 2 saturated heterocycles. The van der Waals surface area contributed by atoms with Crippen LogP contribution in [0.25, 0.3) is 0 Å². The fraction of sp³-hybridized carbons (Fsp3) is 0.619. The molecule has 6 nitrogen and oxygen atoms in total. The van der Waals surface area contributed by atoms with E-state index in [0.29, 0.717) is 18.5 Å². The standard InChI is InChI=1S/C21H32N4O2/c1-4-24(5-2)21(27)19-14-17(15-23(19)3)22-20(26)16-8-10-18(11-9-16)25-12-6-7-13-25/h8-11,17,19H,4-7,12-15H2,1-3H3,(H,22,26)/t17-,19-/m0/s1. The molecule has 1 N–H and O–H groups in total. The molecule has 0 radical (unpaired) electrons. The average molecular weight is 373 g/mol. The lowest BCUT2D eigenvalue weighted by atomic mass is 10.1. The minimum absolute atomic E-state index is 0.00488. The monoisotopic (exact) mass is 372 g/mol. The first-order valence-corrected chi connectivity index (χ1v) is 10.2. The molecular formula is C21H32N4O2. The fourth-order valence-electron chi connectivity index (χ4n) is 4.21. The Balaban J connectivity index is 1.57. The average Bonchev–Trinajstić information content (AvgIpc) is 3.32. The molecule has 2 aliphatic heterocycles. The highest BCUT2D eigenvalue weighted by Crippen LogP contribution is 2.21. The van der Waals surface area contributed by atoms with E-state index in [2.05, 4.69) is 15.1 Å². The third-order valence-electron chi connectivity index (χ3n) is 5.84. The minimum atomic E-state index is -0.146. The SMILES string of the molecule is CCN(CC)C(=O)[C@@H]1C[C@H](NC(=O)c2ccc(N3CCCC3)cc2)CN1C. The second-order valence-corrected chi connectivity index (χ2v) is 7.61.